The molecule has 6 nitrogen and oxygen atoms in total. The van der Waals surface area contributed by atoms with E-state index in [-0.39, 0.29) is 19.1 Å². The summed E-state index contributed by atoms with van der Waals surface area (Å²) in [6.45, 7) is 3.51. The topological polar surface area (TPSA) is 70.1 Å². The molecule has 2 aromatic carbocycles. The summed E-state index contributed by atoms with van der Waals surface area (Å²) in [5.74, 6) is 0.263. The highest BCUT2D eigenvalue weighted by Gasteiger charge is 2.43. The van der Waals surface area contributed by atoms with Crippen LogP contribution in [0.15, 0.2) is 53.0 Å². The first-order chi connectivity index (χ1) is 12.9. The van der Waals surface area contributed by atoms with Gasteiger partial charge in [0, 0.05) is 10.2 Å². The lowest BCUT2D eigenvalue weighted by molar-refractivity contribution is -0.128. The van der Waals surface area contributed by atoms with E-state index in [1.807, 2.05) is 43.3 Å². The molecule has 1 N–H and O–H groups in total. The van der Waals surface area contributed by atoms with Crippen LogP contribution in [0.2, 0.25) is 0 Å². The van der Waals surface area contributed by atoms with Gasteiger partial charge in [0.05, 0.1) is 6.54 Å². The fraction of sp³-hybridized carbons (Fsp3) is 0.300. The lowest BCUT2D eigenvalue weighted by atomic mass is 10.2. The molecule has 0 aromatic heterocycles. The van der Waals surface area contributed by atoms with Crippen molar-refractivity contribution in [3.05, 3.63) is 58.6 Å². The van der Waals surface area contributed by atoms with Crippen LogP contribution < -0.4 is 9.64 Å². The fourth-order valence-corrected chi connectivity index (χ4v) is 3.32. The Morgan fingerprint density at radius 3 is 2.56 bits per heavy atom. The first-order valence-corrected chi connectivity index (χ1v) is 9.44. The van der Waals surface area contributed by atoms with Crippen molar-refractivity contribution in [3.8, 4) is 5.75 Å². The van der Waals surface area contributed by atoms with Crippen LogP contribution in [0.25, 0.3) is 0 Å². The van der Waals surface area contributed by atoms with Gasteiger partial charge in [0.2, 0.25) is 0 Å². The SMILES string of the molecule is Cc1ccc(N2C(=O)N(C[C@@H](O)COc3cccc(Br)c3)C(=O)[C@@H]2C)cc1. The molecule has 1 heterocycles. The number of aliphatic hydroxyl groups is 1. The van der Waals surface area contributed by atoms with Gasteiger partial charge in [-0.3, -0.25) is 14.6 Å². The van der Waals surface area contributed by atoms with Gasteiger partial charge in [0.1, 0.15) is 24.5 Å². The molecule has 1 aliphatic heterocycles. The van der Waals surface area contributed by atoms with E-state index in [0.29, 0.717) is 11.4 Å². The second-order valence-electron chi connectivity index (χ2n) is 6.54. The van der Waals surface area contributed by atoms with Crippen LogP contribution in [-0.4, -0.2) is 47.2 Å². The quantitative estimate of drug-likeness (QED) is 0.710. The first kappa shape index (κ1) is 19.4. The first-order valence-electron chi connectivity index (χ1n) is 8.64. The minimum atomic E-state index is -0.984. The molecule has 1 aliphatic rings. The summed E-state index contributed by atoms with van der Waals surface area (Å²) in [5, 5.41) is 10.3. The van der Waals surface area contributed by atoms with Crippen molar-refractivity contribution >= 4 is 33.6 Å². The summed E-state index contributed by atoms with van der Waals surface area (Å²) in [6, 6.07) is 13.6. The number of carbonyl (C=O) groups excluding carboxylic acids is 2. The van der Waals surface area contributed by atoms with Crippen LogP contribution in [-0.2, 0) is 4.79 Å². The smallest absolute Gasteiger partial charge is 0.332 e. The molecule has 142 valence electrons. The molecule has 2 aromatic rings. The van der Waals surface area contributed by atoms with E-state index in [4.69, 9.17) is 4.74 Å². The number of β-amino-alcohol motifs (C(OH)–C–C–N with tert-alkyl or cyclic N) is 1. The third kappa shape index (κ3) is 4.31. The van der Waals surface area contributed by atoms with E-state index < -0.39 is 18.2 Å². The van der Waals surface area contributed by atoms with Crippen LogP contribution in [0.4, 0.5) is 10.5 Å². The molecule has 0 aliphatic carbocycles. The van der Waals surface area contributed by atoms with Crippen LogP contribution >= 0.6 is 15.9 Å². The van der Waals surface area contributed by atoms with Gasteiger partial charge in [-0.2, -0.15) is 0 Å². The molecule has 0 saturated carbocycles. The predicted octanol–water partition coefficient (Wildman–Crippen LogP) is 3.35. The molecule has 1 fully saturated rings. The Morgan fingerprint density at radius 1 is 1.19 bits per heavy atom. The Kier molecular flexibility index (Phi) is 5.82. The Labute approximate surface area is 166 Å². The molecular weight excluding hydrogens is 412 g/mol. The minimum absolute atomic E-state index is 0.0214. The Balaban J connectivity index is 1.64. The van der Waals surface area contributed by atoms with Gasteiger partial charge in [0.25, 0.3) is 5.91 Å². The average Bonchev–Trinajstić information content (AvgIpc) is 2.85. The number of nitrogens with zero attached hydrogens (tertiary/aromatic N) is 2. The van der Waals surface area contributed by atoms with Crippen LogP contribution in [0, 0.1) is 6.92 Å². The van der Waals surface area contributed by atoms with Gasteiger partial charge in [-0.15, -0.1) is 0 Å². The van der Waals surface area contributed by atoms with E-state index >= 15 is 0 Å². The van der Waals surface area contributed by atoms with Crippen molar-refractivity contribution in [3.63, 3.8) is 0 Å². The number of aliphatic hydroxyl groups excluding tert-OH is 1. The third-order valence-corrected chi connectivity index (χ3v) is 4.88. The monoisotopic (exact) mass is 432 g/mol. The highest BCUT2D eigenvalue weighted by atomic mass is 79.9. The normalized spacial score (nSPS) is 18.1. The molecule has 0 unspecified atom stereocenters. The molecule has 0 bridgehead atoms. The Morgan fingerprint density at radius 2 is 1.89 bits per heavy atom. The number of halogens is 1. The lowest BCUT2D eigenvalue weighted by Gasteiger charge is -2.21. The zero-order chi connectivity index (χ0) is 19.6. The summed E-state index contributed by atoms with van der Waals surface area (Å²) in [4.78, 5) is 27.8. The van der Waals surface area contributed by atoms with Gasteiger partial charge in [-0.05, 0) is 44.2 Å². The van der Waals surface area contributed by atoms with E-state index in [2.05, 4.69) is 15.9 Å². The maximum atomic E-state index is 12.7. The minimum Gasteiger partial charge on any atom is -0.491 e. The Hall–Kier alpha value is -2.38. The summed E-state index contributed by atoms with van der Waals surface area (Å²) >= 11 is 3.35. The van der Waals surface area contributed by atoms with Gasteiger partial charge in [0.15, 0.2) is 0 Å². The van der Waals surface area contributed by atoms with E-state index in [1.165, 1.54) is 4.90 Å². The van der Waals surface area contributed by atoms with Crippen molar-refractivity contribution in [2.45, 2.75) is 26.0 Å². The van der Waals surface area contributed by atoms with Crippen molar-refractivity contribution in [2.24, 2.45) is 0 Å². The number of hydrogen-bond donors (Lipinski definition) is 1. The molecule has 7 heteroatoms. The van der Waals surface area contributed by atoms with Gasteiger partial charge in [-0.1, -0.05) is 39.7 Å². The fourth-order valence-electron chi connectivity index (χ4n) is 2.95. The van der Waals surface area contributed by atoms with Crippen LogP contribution in [0.5, 0.6) is 5.75 Å². The molecule has 0 spiro atoms. The average molecular weight is 433 g/mol. The number of ether oxygens (including phenoxy) is 1. The maximum Gasteiger partial charge on any atom is 0.332 e. The van der Waals surface area contributed by atoms with Crippen molar-refractivity contribution < 1.29 is 19.4 Å². The zero-order valence-corrected chi connectivity index (χ0v) is 16.7. The summed E-state index contributed by atoms with van der Waals surface area (Å²) in [6.07, 6.45) is -0.984. The second kappa shape index (κ2) is 8.10. The lowest BCUT2D eigenvalue weighted by Crippen LogP contribution is -2.40. The van der Waals surface area contributed by atoms with Gasteiger partial charge < -0.3 is 9.84 Å². The highest BCUT2D eigenvalue weighted by molar-refractivity contribution is 9.10. The molecule has 27 heavy (non-hydrogen) atoms. The number of aryl methyl sites for hydroxylation is 1. The van der Waals surface area contributed by atoms with Crippen LogP contribution in [0.1, 0.15) is 12.5 Å². The summed E-state index contributed by atoms with van der Waals surface area (Å²) in [7, 11) is 0. The number of anilines is 1. The van der Waals surface area contributed by atoms with Gasteiger partial charge >= 0.3 is 6.03 Å². The Bertz CT molecular complexity index is 840. The molecule has 3 amide bonds. The second-order valence-corrected chi connectivity index (χ2v) is 7.45. The number of urea groups is 1. The number of hydrogen-bond acceptors (Lipinski definition) is 4. The van der Waals surface area contributed by atoms with Crippen molar-refractivity contribution in [1.82, 2.24) is 4.90 Å². The standard InChI is InChI=1S/C20H21BrN2O4/c1-13-6-8-16(9-7-13)23-14(2)19(25)22(20(23)26)11-17(24)12-27-18-5-3-4-15(21)10-18/h3-10,14,17,24H,11-12H2,1-2H3/t14-,17+/m0/s1. The molecule has 1 saturated heterocycles. The summed E-state index contributed by atoms with van der Waals surface area (Å²) in [5.41, 5.74) is 1.73. The van der Waals surface area contributed by atoms with Crippen molar-refractivity contribution in [2.75, 3.05) is 18.1 Å². The van der Waals surface area contributed by atoms with E-state index in [1.54, 1.807) is 19.1 Å². The predicted molar refractivity (Wildman–Crippen MR) is 106 cm³/mol. The summed E-state index contributed by atoms with van der Waals surface area (Å²) < 4.78 is 6.40. The molecule has 3 rings (SSSR count). The van der Waals surface area contributed by atoms with Crippen LogP contribution in [0.3, 0.4) is 0 Å². The molecule has 0 radical (unpaired) electrons. The van der Waals surface area contributed by atoms with E-state index in [9.17, 15) is 14.7 Å². The molecule has 2 atom stereocenters. The maximum absolute atomic E-state index is 12.7. The van der Waals surface area contributed by atoms with E-state index in [0.717, 1.165) is 14.9 Å². The number of imide groups is 1. The van der Waals surface area contributed by atoms with Gasteiger partial charge in [-0.25, -0.2) is 4.79 Å². The van der Waals surface area contributed by atoms with Crippen molar-refractivity contribution in [1.29, 1.82) is 0 Å². The number of amides is 3. The largest absolute Gasteiger partial charge is 0.491 e. The third-order valence-electron chi connectivity index (χ3n) is 4.39. The number of rotatable bonds is 6. The number of benzene rings is 2. The zero-order valence-electron chi connectivity index (χ0n) is 15.1. The number of carbonyl (C=O) groups is 2. The highest BCUT2D eigenvalue weighted by Crippen LogP contribution is 2.26. The molecular formula is C20H21BrN2O4.